The van der Waals surface area contributed by atoms with Gasteiger partial charge in [0.15, 0.2) is 0 Å². The molecule has 0 bridgehead atoms. The van der Waals surface area contributed by atoms with Crippen LogP contribution in [-0.4, -0.2) is 6.04 Å². The molecule has 1 fully saturated rings. The van der Waals surface area contributed by atoms with Gasteiger partial charge in [0, 0.05) is 24.2 Å². The predicted molar refractivity (Wildman–Crippen MR) is 73.9 cm³/mol. The first-order valence-electron chi connectivity index (χ1n) is 7.14. The fraction of sp³-hybridized carbons (Fsp3) is 0.625. The van der Waals surface area contributed by atoms with Crippen LogP contribution >= 0.6 is 0 Å². The summed E-state index contributed by atoms with van der Waals surface area (Å²) in [4.78, 5) is 0. The minimum atomic E-state index is -0.516. The second kappa shape index (κ2) is 6.00. The van der Waals surface area contributed by atoms with Crippen molar-refractivity contribution in [1.82, 2.24) is 5.32 Å². The van der Waals surface area contributed by atoms with Crippen molar-refractivity contribution in [3.8, 4) is 0 Å². The van der Waals surface area contributed by atoms with Crippen LogP contribution in [0.1, 0.15) is 51.5 Å². The van der Waals surface area contributed by atoms with Gasteiger partial charge in [0.1, 0.15) is 11.6 Å². The van der Waals surface area contributed by atoms with Crippen molar-refractivity contribution >= 4 is 0 Å². The number of hydrogen-bond donors (Lipinski definition) is 1. The molecule has 1 saturated carbocycles. The lowest BCUT2D eigenvalue weighted by Crippen LogP contribution is -2.28. The van der Waals surface area contributed by atoms with Crippen LogP contribution in [0, 0.1) is 17.0 Å². The van der Waals surface area contributed by atoms with Gasteiger partial charge < -0.3 is 5.32 Å². The maximum absolute atomic E-state index is 13.5. The van der Waals surface area contributed by atoms with Crippen molar-refractivity contribution in [1.29, 1.82) is 0 Å². The summed E-state index contributed by atoms with van der Waals surface area (Å²) in [5.74, 6) is -0.973. The molecule has 0 aromatic heterocycles. The van der Waals surface area contributed by atoms with Crippen LogP contribution in [0.2, 0.25) is 0 Å². The molecule has 1 aliphatic carbocycles. The van der Waals surface area contributed by atoms with Gasteiger partial charge >= 0.3 is 0 Å². The third-order valence-electron chi connectivity index (χ3n) is 4.17. The minimum Gasteiger partial charge on any atom is -0.310 e. The molecule has 0 amide bonds. The van der Waals surface area contributed by atoms with E-state index in [0.717, 1.165) is 18.9 Å². The second-order valence-corrected chi connectivity index (χ2v) is 6.41. The Hall–Kier alpha value is -0.960. The maximum atomic E-state index is 13.5. The highest BCUT2D eigenvalue weighted by molar-refractivity contribution is 5.18. The van der Waals surface area contributed by atoms with Gasteiger partial charge in [-0.2, -0.15) is 0 Å². The zero-order chi connectivity index (χ0) is 13.9. The molecule has 1 atom stereocenters. The van der Waals surface area contributed by atoms with Gasteiger partial charge in [-0.25, -0.2) is 8.78 Å². The largest absolute Gasteiger partial charge is 0.310 e. The standard InChI is InChI=1S/C16H23F2N/c1-16(2)8-3-4-14(7-9-16)19-11-12-5-6-13(17)10-15(12)18/h5-6,10,14,19H,3-4,7-9,11H2,1-2H3. The summed E-state index contributed by atoms with van der Waals surface area (Å²) in [5.41, 5.74) is 0.974. The van der Waals surface area contributed by atoms with Crippen molar-refractivity contribution in [2.75, 3.05) is 0 Å². The molecule has 1 unspecified atom stereocenters. The third-order valence-corrected chi connectivity index (χ3v) is 4.17. The second-order valence-electron chi connectivity index (χ2n) is 6.41. The number of nitrogens with one attached hydrogen (secondary N) is 1. The first kappa shape index (κ1) is 14.4. The predicted octanol–water partition coefficient (Wildman–Crippen LogP) is 4.41. The Balaban J connectivity index is 1.88. The molecule has 2 rings (SSSR count). The topological polar surface area (TPSA) is 12.0 Å². The van der Waals surface area contributed by atoms with E-state index in [-0.39, 0.29) is 0 Å². The SMILES string of the molecule is CC1(C)CCCC(NCc2ccc(F)cc2F)CC1. The van der Waals surface area contributed by atoms with E-state index in [1.807, 2.05) is 0 Å². The molecule has 1 aromatic carbocycles. The summed E-state index contributed by atoms with van der Waals surface area (Å²) in [6.07, 6.45) is 5.96. The van der Waals surface area contributed by atoms with Crippen LogP contribution in [0.3, 0.4) is 0 Å². The molecule has 19 heavy (non-hydrogen) atoms. The first-order valence-corrected chi connectivity index (χ1v) is 7.14. The molecule has 0 spiro atoms. The Morgan fingerprint density at radius 3 is 2.74 bits per heavy atom. The van der Waals surface area contributed by atoms with Crippen LogP contribution in [0.5, 0.6) is 0 Å². The Labute approximate surface area is 114 Å². The summed E-state index contributed by atoms with van der Waals surface area (Å²) in [7, 11) is 0. The smallest absolute Gasteiger partial charge is 0.130 e. The Bertz CT molecular complexity index is 429. The van der Waals surface area contributed by atoms with Gasteiger partial charge in [-0.05, 0) is 37.2 Å². The van der Waals surface area contributed by atoms with E-state index in [0.29, 0.717) is 23.6 Å². The molecule has 1 aromatic rings. The van der Waals surface area contributed by atoms with Gasteiger partial charge in [0.25, 0.3) is 0 Å². The van der Waals surface area contributed by atoms with E-state index < -0.39 is 11.6 Å². The van der Waals surface area contributed by atoms with E-state index in [1.165, 1.54) is 31.4 Å². The quantitative estimate of drug-likeness (QED) is 0.800. The molecular weight excluding hydrogens is 244 g/mol. The molecular formula is C16H23F2N. The fourth-order valence-electron chi connectivity index (χ4n) is 2.78. The van der Waals surface area contributed by atoms with Crippen LogP contribution in [0.25, 0.3) is 0 Å². The highest BCUT2D eigenvalue weighted by Crippen LogP contribution is 2.33. The highest BCUT2D eigenvalue weighted by atomic mass is 19.1. The molecule has 1 nitrogen and oxygen atoms in total. The van der Waals surface area contributed by atoms with Crippen molar-refractivity contribution in [2.45, 2.75) is 58.5 Å². The average Bonchev–Trinajstić information content (AvgIpc) is 2.49. The van der Waals surface area contributed by atoms with Gasteiger partial charge in [-0.15, -0.1) is 0 Å². The Morgan fingerprint density at radius 2 is 2.00 bits per heavy atom. The molecule has 0 radical (unpaired) electrons. The number of rotatable bonds is 3. The first-order chi connectivity index (χ1) is 8.96. The summed E-state index contributed by atoms with van der Waals surface area (Å²) in [5, 5.41) is 3.41. The van der Waals surface area contributed by atoms with Gasteiger partial charge in [0.05, 0.1) is 0 Å². The van der Waals surface area contributed by atoms with E-state index in [9.17, 15) is 8.78 Å². The lowest BCUT2D eigenvalue weighted by atomic mass is 9.85. The summed E-state index contributed by atoms with van der Waals surface area (Å²) < 4.78 is 26.3. The average molecular weight is 267 g/mol. The van der Waals surface area contributed by atoms with Crippen LogP contribution in [0.15, 0.2) is 18.2 Å². The Kier molecular flexibility index (Phi) is 4.56. The lowest BCUT2D eigenvalue weighted by Gasteiger charge is -2.22. The Morgan fingerprint density at radius 1 is 1.21 bits per heavy atom. The molecule has 0 heterocycles. The maximum Gasteiger partial charge on any atom is 0.130 e. The van der Waals surface area contributed by atoms with Crippen LogP contribution in [-0.2, 0) is 6.54 Å². The fourth-order valence-corrected chi connectivity index (χ4v) is 2.78. The number of hydrogen-bond acceptors (Lipinski definition) is 1. The third kappa shape index (κ3) is 4.27. The van der Waals surface area contributed by atoms with E-state index in [4.69, 9.17) is 0 Å². The van der Waals surface area contributed by atoms with Crippen LogP contribution in [0.4, 0.5) is 8.78 Å². The zero-order valence-electron chi connectivity index (χ0n) is 11.8. The minimum absolute atomic E-state index is 0.428. The van der Waals surface area contributed by atoms with E-state index in [2.05, 4.69) is 19.2 Å². The van der Waals surface area contributed by atoms with Crippen molar-refractivity contribution in [2.24, 2.45) is 5.41 Å². The summed E-state index contributed by atoms with van der Waals surface area (Å²) in [6, 6.07) is 4.24. The molecule has 0 aliphatic heterocycles. The van der Waals surface area contributed by atoms with Crippen LogP contribution < -0.4 is 5.32 Å². The monoisotopic (exact) mass is 267 g/mol. The van der Waals surface area contributed by atoms with Crippen molar-refractivity contribution in [3.05, 3.63) is 35.4 Å². The normalized spacial score (nSPS) is 23.1. The molecule has 0 saturated heterocycles. The lowest BCUT2D eigenvalue weighted by molar-refractivity contribution is 0.309. The van der Waals surface area contributed by atoms with Gasteiger partial charge in [-0.3, -0.25) is 0 Å². The summed E-state index contributed by atoms with van der Waals surface area (Å²) >= 11 is 0. The zero-order valence-corrected chi connectivity index (χ0v) is 11.8. The van der Waals surface area contributed by atoms with Gasteiger partial charge in [-0.1, -0.05) is 26.3 Å². The van der Waals surface area contributed by atoms with E-state index in [1.54, 1.807) is 0 Å². The number of halogens is 2. The summed E-state index contributed by atoms with van der Waals surface area (Å²) in [6.45, 7) is 5.11. The molecule has 106 valence electrons. The van der Waals surface area contributed by atoms with Crippen molar-refractivity contribution < 1.29 is 8.78 Å². The van der Waals surface area contributed by atoms with Crippen molar-refractivity contribution in [3.63, 3.8) is 0 Å². The van der Waals surface area contributed by atoms with E-state index >= 15 is 0 Å². The highest BCUT2D eigenvalue weighted by Gasteiger charge is 2.24. The molecule has 1 aliphatic rings. The number of benzene rings is 1. The van der Waals surface area contributed by atoms with Gasteiger partial charge in [0.2, 0.25) is 0 Å². The molecule has 3 heteroatoms. The molecule has 1 N–H and O–H groups in total.